The lowest BCUT2D eigenvalue weighted by Crippen LogP contribution is -2.56. The average molecular weight is 374 g/mol. The van der Waals surface area contributed by atoms with Gasteiger partial charge in [0.25, 0.3) is 0 Å². The molecule has 0 spiro atoms. The van der Waals surface area contributed by atoms with E-state index in [-0.39, 0.29) is 5.97 Å². The molecule has 0 aromatic heterocycles. The summed E-state index contributed by atoms with van der Waals surface area (Å²) in [6.07, 6.45) is 1.62. The number of thiol groups is 1. The van der Waals surface area contributed by atoms with Gasteiger partial charge in [0.15, 0.2) is 0 Å². The highest BCUT2D eigenvalue weighted by Gasteiger charge is 2.53. The molecular weight excluding hydrogens is 346 g/mol. The molecule has 1 heterocycles. The van der Waals surface area contributed by atoms with Crippen LogP contribution in [0.3, 0.4) is 0 Å². The Morgan fingerprint density at radius 1 is 1.19 bits per heavy atom. The highest BCUT2D eigenvalue weighted by molar-refractivity contribution is 7.82. The Kier molecular flexibility index (Phi) is 5.49. The third-order valence-electron chi connectivity index (χ3n) is 5.67. The first-order valence-electron chi connectivity index (χ1n) is 9.13. The SMILES string of the molecule is CCOC(=O)[C@](C)(c1ccc2cc(OC)ccc2c1)C1(S)CCNCC1. The van der Waals surface area contributed by atoms with Crippen LogP contribution >= 0.6 is 12.6 Å². The zero-order valence-electron chi connectivity index (χ0n) is 15.7. The van der Waals surface area contributed by atoms with Gasteiger partial charge in [-0.2, -0.15) is 12.6 Å². The first-order valence-corrected chi connectivity index (χ1v) is 9.58. The fourth-order valence-corrected chi connectivity index (χ4v) is 4.30. The number of benzene rings is 2. The molecule has 1 aliphatic rings. The lowest BCUT2D eigenvalue weighted by molar-refractivity contribution is -0.151. The maximum atomic E-state index is 13.1. The first kappa shape index (κ1) is 19.1. The summed E-state index contributed by atoms with van der Waals surface area (Å²) in [7, 11) is 1.66. The Morgan fingerprint density at radius 2 is 1.85 bits per heavy atom. The molecule has 2 aromatic carbocycles. The predicted molar refractivity (Wildman–Crippen MR) is 108 cm³/mol. The second-order valence-corrected chi connectivity index (χ2v) is 7.91. The molecule has 3 rings (SSSR count). The zero-order valence-corrected chi connectivity index (χ0v) is 16.6. The zero-order chi connectivity index (χ0) is 18.8. The normalized spacial score (nSPS) is 18.9. The van der Waals surface area contributed by atoms with Crippen LogP contribution in [-0.4, -0.2) is 37.5 Å². The number of esters is 1. The summed E-state index contributed by atoms with van der Waals surface area (Å²) in [5.41, 5.74) is 0.132. The van der Waals surface area contributed by atoms with Crippen LogP contribution in [0.5, 0.6) is 5.75 Å². The summed E-state index contributed by atoms with van der Waals surface area (Å²) in [5.74, 6) is 0.618. The van der Waals surface area contributed by atoms with Crippen LogP contribution in [0.25, 0.3) is 10.8 Å². The van der Waals surface area contributed by atoms with E-state index in [0.29, 0.717) is 6.61 Å². The maximum absolute atomic E-state index is 13.1. The molecule has 1 aliphatic heterocycles. The Morgan fingerprint density at radius 3 is 2.50 bits per heavy atom. The number of carbonyl (C=O) groups is 1. The van der Waals surface area contributed by atoms with Gasteiger partial charge in [0.2, 0.25) is 0 Å². The van der Waals surface area contributed by atoms with Crippen molar-refractivity contribution in [3.63, 3.8) is 0 Å². The second-order valence-electron chi connectivity index (χ2n) is 7.05. The minimum Gasteiger partial charge on any atom is -0.497 e. The molecule has 140 valence electrons. The Labute approximate surface area is 160 Å². The summed E-state index contributed by atoms with van der Waals surface area (Å²) in [6.45, 7) is 5.89. The molecule has 2 aromatic rings. The molecule has 1 saturated heterocycles. The highest BCUT2D eigenvalue weighted by Crippen LogP contribution is 2.47. The number of methoxy groups -OCH3 is 1. The van der Waals surface area contributed by atoms with Crippen molar-refractivity contribution in [1.82, 2.24) is 5.32 Å². The minimum atomic E-state index is -0.817. The van der Waals surface area contributed by atoms with E-state index < -0.39 is 10.2 Å². The van der Waals surface area contributed by atoms with Crippen LogP contribution in [-0.2, 0) is 14.9 Å². The smallest absolute Gasteiger partial charge is 0.317 e. The van der Waals surface area contributed by atoms with Gasteiger partial charge in [0.1, 0.15) is 11.2 Å². The molecule has 26 heavy (non-hydrogen) atoms. The number of fused-ring (bicyclic) bond motifs is 1. The van der Waals surface area contributed by atoms with Crippen LogP contribution in [0.15, 0.2) is 36.4 Å². The maximum Gasteiger partial charge on any atom is 0.317 e. The number of rotatable bonds is 5. The van der Waals surface area contributed by atoms with Crippen LogP contribution in [0.4, 0.5) is 0 Å². The fraction of sp³-hybridized carbons (Fsp3) is 0.476. The van der Waals surface area contributed by atoms with Crippen molar-refractivity contribution in [3.05, 3.63) is 42.0 Å². The average Bonchev–Trinajstić information content (AvgIpc) is 2.67. The van der Waals surface area contributed by atoms with Crippen molar-refractivity contribution in [3.8, 4) is 5.75 Å². The van der Waals surface area contributed by atoms with Gasteiger partial charge in [-0.1, -0.05) is 18.2 Å². The van der Waals surface area contributed by atoms with E-state index in [1.165, 1.54) is 0 Å². The van der Waals surface area contributed by atoms with E-state index in [2.05, 4.69) is 11.4 Å². The van der Waals surface area contributed by atoms with Gasteiger partial charge in [-0.25, -0.2) is 0 Å². The molecule has 0 unspecified atom stereocenters. The van der Waals surface area contributed by atoms with Gasteiger partial charge in [0, 0.05) is 4.75 Å². The molecule has 4 nitrogen and oxygen atoms in total. The molecule has 0 radical (unpaired) electrons. The van der Waals surface area contributed by atoms with Crippen LogP contribution in [0.2, 0.25) is 0 Å². The molecule has 0 aliphatic carbocycles. The second kappa shape index (κ2) is 7.49. The van der Waals surface area contributed by atoms with Crippen molar-refractivity contribution >= 4 is 29.4 Å². The van der Waals surface area contributed by atoms with Gasteiger partial charge < -0.3 is 14.8 Å². The van der Waals surface area contributed by atoms with Gasteiger partial charge in [0.05, 0.1) is 13.7 Å². The van der Waals surface area contributed by atoms with Gasteiger partial charge >= 0.3 is 5.97 Å². The van der Waals surface area contributed by atoms with Crippen molar-refractivity contribution in [2.24, 2.45) is 0 Å². The van der Waals surface area contributed by atoms with Gasteiger partial charge in [-0.15, -0.1) is 0 Å². The molecule has 0 saturated carbocycles. The number of ether oxygens (including phenoxy) is 2. The van der Waals surface area contributed by atoms with E-state index in [0.717, 1.165) is 48.0 Å². The number of carbonyl (C=O) groups excluding carboxylic acids is 1. The monoisotopic (exact) mass is 373 g/mol. The summed E-state index contributed by atoms with van der Waals surface area (Å²) in [5, 5.41) is 5.52. The number of nitrogens with one attached hydrogen (secondary N) is 1. The number of hydrogen-bond acceptors (Lipinski definition) is 5. The molecule has 0 bridgehead atoms. The lowest BCUT2D eigenvalue weighted by Gasteiger charge is -2.46. The minimum absolute atomic E-state index is 0.204. The quantitative estimate of drug-likeness (QED) is 0.619. The van der Waals surface area contributed by atoms with Crippen molar-refractivity contribution in [1.29, 1.82) is 0 Å². The largest absolute Gasteiger partial charge is 0.497 e. The molecule has 0 amide bonds. The lowest BCUT2D eigenvalue weighted by atomic mass is 9.67. The highest BCUT2D eigenvalue weighted by atomic mass is 32.1. The molecular formula is C21H27NO3S. The first-order chi connectivity index (χ1) is 12.4. The van der Waals surface area contributed by atoms with E-state index in [9.17, 15) is 4.79 Å². The summed E-state index contributed by atoms with van der Waals surface area (Å²) in [4.78, 5) is 13.1. The Bertz CT molecular complexity index is 801. The summed E-state index contributed by atoms with van der Waals surface area (Å²) < 4.78 is 10.4. The van der Waals surface area contributed by atoms with Crippen molar-refractivity contribution in [2.45, 2.75) is 36.9 Å². The van der Waals surface area contributed by atoms with E-state index in [1.54, 1.807) is 7.11 Å². The number of piperidine rings is 1. The fourth-order valence-electron chi connectivity index (χ4n) is 3.85. The van der Waals surface area contributed by atoms with Crippen LogP contribution < -0.4 is 10.1 Å². The summed E-state index contributed by atoms with van der Waals surface area (Å²) >= 11 is 5.04. The van der Waals surface area contributed by atoms with Crippen LogP contribution in [0, 0.1) is 0 Å². The molecule has 5 heteroatoms. The third-order valence-corrected chi connectivity index (χ3v) is 6.56. The standard InChI is InChI=1S/C21H27NO3S/c1-4-25-19(23)20(2,21(26)9-11-22-12-10-21)17-7-5-16-14-18(24-3)8-6-15(16)13-17/h5-8,13-14,22,26H,4,9-12H2,1-3H3/t20-/m0/s1. The summed E-state index contributed by atoms with van der Waals surface area (Å²) in [6, 6.07) is 12.1. The Balaban J connectivity index is 2.12. The van der Waals surface area contributed by atoms with E-state index >= 15 is 0 Å². The van der Waals surface area contributed by atoms with Gasteiger partial charge in [-0.05, 0) is 74.3 Å². The van der Waals surface area contributed by atoms with E-state index in [1.807, 2.05) is 44.2 Å². The Hall–Kier alpha value is -1.72. The molecule has 1 fully saturated rings. The third kappa shape index (κ3) is 3.19. The predicted octanol–water partition coefficient (Wildman–Crippen LogP) is 3.72. The number of hydrogen-bond donors (Lipinski definition) is 2. The van der Waals surface area contributed by atoms with Gasteiger partial charge in [-0.3, -0.25) is 4.79 Å². The van der Waals surface area contributed by atoms with Crippen molar-refractivity contribution in [2.75, 3.05) is 26.8 Å². The molecule has 1 N–H and O–H groups in total. The van der Waals surface area contributed by atoms with Crippen molar-refractivity contribution < 1.29 is 14.3 Å². The van der Waals surface area contributed by atoms with Crippen LogP contribution in [0.1, 0.15) is 32.3 Å². The topological polar surface area (TPSA) is 47.6 Å². The van der Waals surface area contributed by atoms with E-state index in [4.69, 9.17) is 22.1 Å². The molecule has 1 atom stereocenters.